The maximum atomic E-state index is 10.7. The van der Waals surface area contributed by atoms with Gasteiger partial charge in [0.2, 0.25) is 0 Å². The summed E-state index contributed by atoms with van der Waals surface area (Å²) < 4.78 is 0. The fourth-order valence-electron chi connectivity index (χ4n) is 2.68. The van der Waals surface area contributed by atoms with Crippen LogP contribution in [0.15, 0.2) is 18.3 Å². The fourth-order valence-corrected chi connectivity index (χ4v) is 2.68. The Labute approximate surface area is 112 Å². The van der Waals surface area contributed by atoms with Gasteiger partial charge in [-0.05, 0) is 18.8 Å². The van der Waals surface area contributed by atoms with Gasteiger partial charge < -0.3 is 10.4 Å². The van der Waals surface area contributed by atoms with Gasteiger partial charge in [-0.25, -0.2) is 4.98 Å². The lowest BCUT2D eigenvalue weighted by molar-refractivity contribution is -0.384. The number of anilines is 1. The Kier molecular flexibility index (Phi) is 3.99. The molecule has 104 valence electrons. The first-order valence-corrected chi connectivity index (χ1v) is 6.55. The SMILES string of the molecule is CC1CCCC(O)(CNc2cc([N+](=O)[O-])ccn2)C1. The Bertz CT molecular complexity index is 466. The molecule has 0 bridgehead atoms. The molecule has 1 aromatic rings. The van der Waals surface area contributed by atoms with Crippen LogP contribution in [-0.4, -0.2) is 27.2 Å². The zero-order valence-corrected chi connectivity index (χ0v) is 11.0. The molecule has 1 saturated carbocycles. The van der Waals surface area contributed by atoms with Gasteiger partial charge in [0.15, 0.2) is 0 Å². The number of nitro groups is 1. The minimum atomic E-state index is -0.732. The van der Waals surface area contributed by atoms with E-state index in [-0.39, 0.29) is 5.69 Å². The number of hydrogen-bond acceptors (Lipinski definition) is 5. The molecule has 0 radical (unpaired) electrons. The van der Waals surface area contributed by atoms with Crippen molar-refractivity contribution in [2.24, 2.45) is 5.92 Å². The largest absolute Gasteiger partial charge is 0.388 e. The van der Waals surface area contributed by atoms with E-state index in [0.717, 1.165) is 25.7 Å². The van der Waals surface area contributed by atoms with Gasteiger partial charge in [-0.15, -0.1) is 0 Å². The molecule has 0 aliphatic heterocycles. The second-order valence-corrected chi connectivity index (χ2v) is 5.44. The molecule has 6 nitrogen and oxygen atoms in total. The third-order valence-electron chi connectivity index (χ3n) is 3.62. The Morgan fingerprint density at radius 2 is 2.47 bits per heavy atom. The highest BCUT2D eigenvalue weighted by molar-refractivity contribution is 5.44. The third-order valence-corrected chi connectivity index (χ3v) is 3.62. The quantitative estimate of drug-likeness (QED) is 0.644. The number of rotatable bonds is 4. The van der Waals surface area contributed by atoms with Crippen molar-refractivity contribution in [2.75, 3.05) is 11.9 Å². The van der Waals surface area contributed by atoms with E-state index < -0.39 is 10.5 Å². The third kappa shape index (κ3) is 3.64. The summed E-state index contributed by atoms with van der Waals surface area (Å²) in [6.07, 6.45) is 5.08. The number of hydrogen-bond donors (Lipinski definition) is 2. The van der Waals surface area contributed by atoms with Gasteiger partial charge in [0, 0.05) is 18.8 Å². The number of nitrogens with zero attached hydrogens (tertiary/aromatic N) is 2. The van der Waals surface area contributed by atoms with Crippen LogP contribution in [0.3, 0.4) is 0 Å². The van der Waals surface area contributed by atoms with E-state index in [2.05, 4.69) is 17.2 Å². The molecule has 1 aliphatic rings. The van der Waals surface area contributed by atoms with Crippen molar-refractivity contribution < 1.29 is 10.0 Å². The smallest absolute Gasteiger partial charge is 0.274 e. The summed E-state index contributed by atoms with van der Waals surface area (Å²) in [7, 11) is 0. The summed E-state index contributed by atoms with van der Waals surface area (Å²) in [5, 5.41) is 24.1. The van der Waals surface area contributed by atoms with E-state index in [9.17, 15) is 15.2 Å². The molecule has 0 spiro atoms. The van der Waals surface area contributed by atoms with Crippen LogP contribution in [0, 0.1) is 16.0 Å². The zero-order chi connectivity index (χ0) is 13.9. The van der Waals surface area contributed by atoms with Gasteiger partial charge >= 0.3 is 0 Å². The van der Waals surface area contributed by atoms with Crippen LogP contribution in [0.2, 0.25) is 0 Å². The maximum absolute atomic E-state index is 10.7. The molecule has 1 fully saturated rings. The van der Waals surface area contributed by atoms with Crippen LogP contribution < -0.4 is 5.32 Å². The van der Waals surface area contributed by atoms with Crippen LogP contribution >= 0.6 is 0 Å². The van der Waals surface area contributed by atoms with Crippen molar-refractivity contribution in [2.45, 2.75) is 38.2 Å². The Balaban J connectivity index is 1.98. The monoisotopic (exact) mass is 265 g/mol. The highest BCUT2D eigenvalue weighted by atomic mass is 16.6. The average Bonchev–Trinajstić information content (AvgIpc) is 2.36. The number of aliphatic hydroxyl groups is 1. The molecule has 1 heterocycles. The fraction of sp³-hybridized carbons (Fsp3) is 0.615. The van der Waals surface area contributed by atoms with Gasteiger partial charge in [0.25, 0.3) is 5.69 Å². The minimum absolute atomic E-state index is 0.00139. The maximum Gasteiger partial charge on any atom is 0.274 e. The summed E-state index contributed by atoms with van der Waals surface area (Å²) >= 11 is 0. The molecule has 1 aromatic heterocycles. The van der Waals surface area contributed by atoms with E-state index in [1.54, 1.807) is 0 Å². The molecule has 6 heteroatoms. The van der Waals surface area contributed by atoms with E-state index in [1.165, 1.54) is 18.3 Å². The van der Waals surface area contributed by atoms with Crippen molar-refractivity contribution in [1.82, 2.24) is 4.98 Å². The number of nitrogens with one attached hydrogen (secondary N) is 1. The molecular weight excluding hydrogens is 246 g/mol. The number of aromatic nitrogens is 1. The zero-order valence-electron chi connectivity index (χ0n) is 11.0. The highest BCUT2D eigenvalue weighted by Crippen LogP contribution is 2.32. The van der Waals surface area contributed by atoms with Crippen molar-refractivity contribution in [3.8, 4) is 0 Å². The summed E-state index contributed by atoms with van der Waals surface area (Å²) in [4.78, 5) is 14.2. The molecular formula is C13H19N3O3. The van der Waals surface area contributed by atoms with Crippen LogP contribution in [0.1, 0.15) is 32.6 Å². The Morgan fingerprint density at radius 3 is 3.16 bits per heavy atom. The molecule has 0 amide bonds. The summed E-state index contributed by atoms with van der Waals surface area (Å²) in [5.74, 6) is 0.944. The lowest BCUT2D eigenvalue weighted by Gasteiger charge is -2.35. The van der Waals surface area contributed by atoms with E-state index in [1.807, 2.05) is 0 Å². The van der Waals surface area contributed by atoms with Crippen LogP contribution in [-0.2, 0) is 0 Å². The predicted octanol–water partition coefficient (Wildman–Crippen LogP) is 2.34. The first-order chi connectivity index (χ1) is 8.98. The molecule has 2 rings (SSSR count). The van der Waals surface area contributed by atoms with Crippen molar-refractivity contribution in [3.63, 3.8) is 0 Å². The lowest BCUT2D eigenvalue weighted by atomic mass is 9.79. The average molecular weight is 265 g/mol. The predicted molar refractivity (Wildman–Crippen MR) is 72.0 cm³/mol. The second-order valence-electron chi connectivity index (χ2n) is 5.44. The van der Waals surface area contributed by atoms with Crippen LogP contribution in [0.5, 0.6) is 0 Å². The summed E-state index contributed by atoms with van der Waals surface area (Å²) in [5.41, 5.74) is -0.731. The van der Waals surface area contributed by atoms with Gasteiger partial charge in [0.05, 0.1) is 16.6 Å². The highest BCUT2D eigenvalue weighted by Gasteiger charge is 2.32. The van der Waals surface area contributed by atoms with Gasteiger partial charge in [-0.2, -0.15) is 0 Å². The van der Waals surface area contributed by atoms with E-state index in [0.29, 0.717) is 18.3 Å². The van der Waals surface area contributed by atoms with E-state index >= 15 is 0 Å². The Hall–Kier alpha value is -1.69. The molecule has 0 aromatic carbocycles. The van der Waals surface area contributed by atoms with Gasteiger partial charge in [0.1, 0.15) is 5.82 Å². The molecule has 0 saturated heterocycles. The van der Waals surface area contributed by atoms with Gasteiger partial charge in [-0.3, -0.25) is 10.1 Å². The second kappa shape index (κ2) is 5.52. The molecule has 2 atom stereocenters. The van der Waals surface area contributed by atoms with Crippen LogP contribution in [0.25, 0.3) is 0 Å². The van der Waals surface area contributed by atoms with Gasteiger partial charge in [-0.1, -0.05) is 19.8 Å². The van der Waals surface area contributed by atoms with Crippen molar-refractivity contribution in [3.05, 3.63) is 28.4 Å². The van der Waals surface area contributed by atoms with Crippen LogP contribution in [0.4, 0.5) is 11.5 Å². The Morgan fingerprint density at radius 1 is 1.68 bits per heavy atom. The summed E-state index contributed by atoms with van der Waals surface area (Å²) in [6.45, 7) is 2.52. The standard InChI is InChI=1S/C13H19N3O3/c1-10-3-2-5-13(17,8-10)9-15-12-7-11(16(18)19)4-6-14-12/h4,6-7,10,17H,2-3,5,8-9H2,1H3,(H,14,15). The summed E-state index contributed by atoms with van der Waals surface area (Å²) in [6, 6.07) is 2.73. The number of pyridine rings is 1. The topological polar surface area (TPSA) is 88.3 Å². The minimum Gasteiger partial charge on any atom is -0.388 e. The molecule has 2 unspecified atom stereocenters. The molecule has 19 heavy (non-hydrogen) atoms. The molecule has 1 aliphatic carbocycles. The van der Waals surface area contributed by atoms with Crippen molar-refractivity contribution >= 4 is 11.5 Å². The first kappa shape index (κ1) is 13.7. The van der Waals surface area contributed by atoms with E-state index in [4.69, 9.17) is 0 Å². The first-order valence-electron chi connectivity index (χ1n) is 6.55. The lowest BCUT2D eigenvalue weighted by Crippen LogP contribution is -2.41. The molecule has 2 N–H and O–H groups in total. The normalized spacial score (nSPS) is 26.9. The van der Waals surface area contributed by atoms with Crippen molar-refractivity contribution in [1.29, 1.82) is 0 Å².